The molecule has 0 aliphatic carbocycles. The highest BCUT2D eigenvalue weighted by Crippen LogP contribution is 2.26. The number of benzene rings is 2. The van der Waals surface area contributed by atoms with Crippen molar-refractivity contribution in [3.8, 4) is 0 Å². The summed E-state index contributed by atoms with van der Waals surface area (Å²) >= 11 is 3.38. The van der Waals surface area contributed by atoms with Gasteiger partial charge in [-0.05, 0) is 36.4 Å². The number of aromatic nitrogens is 2. The van der Waals surface area contributed by atoms with E-state index in [1.165, 1.54) is 6.33 Å². The molecule has 0 saturated carbocycles. The molecule has 3 aromatic rings. The summed E-state index contributed by atoms with van der Waals surface area (Å²) in [6, 6.07) is 16.4. The number of hydrazine groups is 1. The number of nitrogens with zero attached hydrogens (tertiary/aromatic N) is 2. The Labute approximate surface area is 152 Å². The zero-order valence-electron chi connectivity index (χ0n) is 13.0. The highest BCUT2D eigenvalue weighted by molar-refractivity contribution is 9.10. The van der Waals surface area contributed by atoms with Gasteiger partial charge in [-0.15, -0.1) is 0 Å². The van der Waals surface area contributed by atoms with E-state index in [4.69, 9.17) is 5.73 Å². The van der Waals surface area contributed by atoms with Crippen LogP contribution in [0.4, 0.5) is 23.0 Å². The Bertz CT molecular complexity index is 870. The number of nitrogens with one attached hydrogen (secondary N) is 3. The number of rotatable bonds is 5. The molecule has 2 aromatic carbocycles. The van der Waals surface area contributed by atoms with Crippen molar-refractivity contribution in [2.45, 2.75) is 0 Å². The zero-order valence-corrected chi connectivity index (χ0v) is 14.6. The lowest BCUT2D eigenvalue weighted by atomic mass is 10.2. The lowest BCUT2D eigenvalue weighted by Gasteiger charge is -2.13. The largest absolute Gasteiger partial charge is 0.393 e. The molecule has 0 fully saturated rings. The number of nitrogen functional groups attached to an aromatic ring is 1. The van der Waals surface area contributed by atoms with Crippen LogP contribution in [0.2, 0.25) is 0 Å². The quantitative estimate of drug-likeness (QED) is 0.491. The number of amides is 1. The Balaban J connectivity index is 1.70. The van der Waals surface area contributed by atoms with Gasteiger partial charge in [0, 0.05) is 15.7 Å². The Hall–Kier alpha value is -3.13. The molecule has 0 atom stereocenters. The van der Waals surface area contributed by atoms with Crippen molar-refractivity contribution in [1.29, 1.82) is 0 Å². The van der Waals surface area contributed by atoms with E-state index >= 15 is 0 Å². The van der Waals surface area contributed by atoms with Crippen molar-refractivity contribution in [2.24, 2.45) is 0 Å². The van der Waals surface area contributed by atoms with E-state index in [1.54, 1.807) is 24.3 Å². The third-order valence-electron chi connectivity index (χ3n) is 3.32. The molecule has 1 heterocycles. The van der Waals surface area contributed by atoms with Crippen LogP contribution in [0.25, 0.3) is 0 Å². The van der Waals surface area contributed by atoms with Crippen LogP contribution in [-0.4, -0.2) is 15.9 Å². The Morgan fingerprint density at radius 2 is 1.64 bits per heavy atom. The predicted octanol–water partition coefficient (Wildman–Crippen LogP) is 3.32. The molecular formula is C17H15BrN6O. The molecule has 8 heteroatoms. The smallest absolute Gasteiger partial charge is 0.269 e. The molecule has 0 saturated heterocycles. The van der Waals surface area contributed by atoms with Crippen LogP contribution in [0.3, 0.4) is 0 Å². The van der Waals surface area contributed by atoms with E-state index in [0.717, 1.165) is 10.2 Å². The highest BCUT2D eigenvalue weighted by atomic mass is 79.9. The summed E-state index contributed by atoms with van der Waals surface area (Å²) in [5.41, 5.74) is 13.0. The Kier molecular flexibility index (Phi) is 5.10. The topological polar surface area (TPSA) is 105 Å². The number of carbonyl (C=O) groups is 1. The summed E-state index contributed by atoms with van der Waals surface area (Å²) in [7, 11) is 0. The van der Waals surface area contributed by atoms with E-state index in [1.807, 2.05) is 30.3 Å². The van der Waals surface area contributed by atoms with Crippen molar-refractivity contribution >= 4 is 44.8 Å². The number of carbonyl (C=O) groups excluding carboxylic acids is 1. The average molecular weight is 399 g/mol. The van der Waals surface area contributed by atoms with E-state index in [2.05, 4.69) is 42.1 Å². The number of hydrogen-bond donors (Lipinski definition) is 4. The fourth-order valence-corrected chi connectivity index (χ4v) is 2.31. The van der Waals surface area contributed by atoms with Crippen molar-refractivity contribution in [1.82, 2.24) is 15.4 Å². The van der Waals surface area contributed by atoms with E-state index in [0.29, 0.717) is 22.9 Å². The average Bonchev–Trinajstić information content (AvgIpc) is 2.64. The minimum absolute atomic E-state index is 0.291. The molecule has 3 rings (SSSR count). The van der Waals surface area contributed by atoms with Crippen LogP contribution >= 0.6 is 15.9 Å². The van der Waals surface area contributed by atoms with Gasteiger partial charge in [0.15, 0.2) is 11.6 Å². The molecule has 1 amide bonds. The molecule has 0 bridgehead atoms. The van der Waals surface area contributed by atoms with Crippen LogP contribution < -0.4 is 21.9 Å². The zero-order chi connectivity index (χ0) is 17.6. The van der Waals surface area contributed by atoms with Crippen molar-refractivity contribution in [3.63, 3.8) is 0 Å². The first kappa shape index (κ1) is 16.7. The first-order chi connectivity index (χ1) is 12.1. The molecule has 1 aromatic heterocycles. The molecule has 0 spiro atoms. The fourth-order valence-electron chi connectivity index (χ4n) is 2.04. The second kappa shape index (κ2) is 7.63. The van der Waals surface area contributed by atoms with Crippen molar-refractivity contribution < 1.29 is 4.79 Å². The van der Waals surface area contributed by atoms with Gasteiger partial charge in [0.2, 0.25) is 0 Å². The standard InChI is InChI=1S/C17H15BrN6O/c18-12-6-8-13(9-7-12)22-15-14(19)16(21-10-20-15)23-24-17(25)11-4-2-1-3-5-11/h1-10H,19H2,(H,24,25)(H2,20,21,22,23). The Morgan fingerprint density at radius 1 is 0.960 bits per heavy atom. The number of halogens is 1. The molecule has 0 aliphatic heterocycles. The first-order valence-electron chi connectivity index (χ1n) is 7.38. The molecule has 126 valence electrons. The van der Waals surface area contributed by atoms with E-state index in [-0.39, 0.29) is 5.91 Å². The van der Waals surface area contributed by atoms with Crippen LogP contribution in [0, 0.1) is 0 Å². The SMILES string of the molecule is Nc1c(NNC(=O)c2ccccc2)ncnc1Nc1ccc(Br)cc1. The normalized spacial score (nSPS) is 10.1. The maximum Gasteiger partial charge on any atom is 0.269 e. The Morgan fingerprint density at radius 3 is 2.36 bits per heavy atom. The van der Waals surface area contributed by atoms with Crippen molar-refractivity contribution in [2.75, 3.05) is 16.5 Å². The maximum atomic E-state index is 12.1. The summed E-state index contributed by atoms with van der Waals surface area (Å²) in [5, 5.41) is 3.11. The van der Waals surface area contributed by atoms with Gasteiger partial charge in [0.1, 0.15) is 12.0 Å². The van der Waals surface area contributed by atoms with Crippen molar-refractivity contribution in [3.05, 3.63) is 71.0 Å². The number of hydrogen-bond acceptors (Lipinski definition) is 6. The lowest BCUT2D eigenvalue weighted by Crippen LogP contribution is -2.30. The summed E-state index contributed by atoms with van der Waals surface area (Å²) < 4.78 is 0.972. The van der Waals surface area contributed by atoms with Gasteiger partial charge in [-0.2, -0.15) is 0 Å². The molecular weight excluding hydrogens is 384 g/mol. The monoisotopic (exact) mass is 398 g/mol. The van der Waals surface area contributed by atoms with E-state index < -0.39 is 0 Å². The minimum Gasteiger partial charge on any atom is -0.393 e. The summed E-state index contributed by atoms with van der Waals surface area (Å²) in [6.45, 7) is 0. The van der Waals surface area contributed by atoms with Gasteiger partial charge in [0.25, 0.3) is 5.91 Å². The molecule has 5 N–H and O–H groups in total. The number of anilines is 4. The minimum atomic E-state index is -0.291. The predicted molar refractivity (Wildman–Crippen MR) is 101 cm³/mol. The van der Waals surface area contributed by atoms with Gasteiger partial charge in [-0.1, -0.05) is 34.1 Å². The van der Waals surface area contributed by atoms with Gasteiger partial charge in [-0.25, -0.2) is 9.97 Å². The second-order valence-corrected chi connectivity index (χ2v) is 5.98. The summed E-state index contributed by atoms with van der Waals surface area (Å²) in [4.78, 5) is 20.2. The van der Waals surface area contributed by atoms with Crippen LogP contribution in [0.15, 0.2) is 65.4 Å². The third-order valence-corrected chi connectivity index (χ3v) is 3.85. The van der Waals surface area contributed by atoms with Gasteiger partial charge < -0.3 is 11.1 Å². The number of nitrogens with two attached hydrogens (primary N) is 1. The third kappa shape index (κ3) is 4.24. The summed E-state index contributed by atoms with van der Waals surface area (Å²) in [5.74, 6) is 0.453. The van der Waals surface area contributed by atoms with Gasteiger partial charge in [-0.3, -0.25) is 15.6 Å². The summed E-state index contributed by atoms with van der Waals surface area (Å²) in [6.07, 6.45) is 1.36. The highest BCUT2D eigenvalue weighted by Gasteiger charge is 2.10. The maximum absolute atomic E-state index is 12.1. The molecule has 0 radical (unpaired) electrons. The van der Waals surface area contributed by atoms with Gasteiger partial charge in [0.05, 0.1) is 0 Å². The van der Waals surface area contributed by atoms with E-state index in [9.17, 15) is 4.79 Å². The molecule has 25 heavy (non-hydrogen) atoms. The fraction of sp³-hybridized carbons (Fsp3) is 0. The van der Waals surface area contributed by atoms with Crippen LogP contribution in [0.1, 0.15) is 10.4 Å². The second-order valence-electron chi connectivity index (χ2n) is 5.06. The molecule has 0 aliphatic rings. The first-order valence-corrected chi connectivity index (χ1v) is 8.17. The van der Waals surface area contributed by atoms with Crippen LogP contribution in [0.5, 0.6) is 0 Å². The van der Waals surface area contributed by atoms with Gasteiger partial charge >= 0.3 is 0 Å². The van der Waals surface area contributed by atoms with Crippen LogP contribution in [-0.2, 0) is 0 Å². The molecule has 7 nitrogen and oxygen atoms in total. The molecule has 0 unspecified atom stereocenters. The lowest BCUT2D eigenvalue weighted by molar-refractivity contribution is 0.0962.